The molecule has 0 atom stereocenters. The lowest BCUT2D eigenvalue weighted by Crippen LogP contribution is -2.06. The van der Waals surface area contributed by atoms with Crippen LogP contribution in [0.25, 0.3) is 0 Å². The number of carboxylic acid groups (broad SMARTS) is 1. The van der Waals surface area contributed by atoms with E-state index in [1.807, 2.05) is 0 Å². The van der Waals surface area contributed by atoms with Crippen LogP contribution in [0.1, 0.15) is 25.5 Å². The number of ketones is 1. The van der Waals surface area contributed by atoms with Crippen LogP contribution >= 0.6 is 0 Å². The van der Waals surface area contributed by atoms with E-state index in [1.165, 1.54) is 10.9 Å². The van der Waals surface area contributed by atoms with Crippen LogP contribution in [-0.4, -0.2) is 26.4 Å². The van der Waals surface area contributed by atoms with Gasteiger partial charge in [-0.2, -0.15) is 0 Å². The molecule has 5 heteroatoms. The van der Waals surface area contributed by atoms with E-state index in [9.17, 15) is 9.59 Å². The third-order valence-electron chi connectivity index (χ3n) is 1.97. The summed E-state index contributed by atoms with van der Waals surface area (Å²) in [5.41, 5.74) is 0.831. The highest BCUT2D eigenvalue weighted by atomic mass is 16.4. The van der Waals surface area contributed by atoms with Crippen molar-refractivity contribution >= 4 is 11.8 Å². The minimum Gasteiger partial charge on any atom is -0.480 e. The smallest absolute Gasteiger partial charge is 0.323 e. The van der Waals surface area contributed by atoms with Crippen molar-refractivity contribution < 1.29 is 14.7 Å². The Labute approximate surface area is 87.7 Å². The van der Waals surface area contributed by atoms with E-state index in [1.54, 1.807) is 13.1 Å². The quantitative estimate of drug-likeness (QED) is 0.756. The van der Waals surface area contributed by atoms with E-state index >= 15 is 0 Å². The predicted molar refractivity (Wildman–Crippen MR) is 53.5 cm³/mol. The lowest BCUT2D eigenvalue weighted by Gasteiger charge is -1.95. The molecule has 15 heavy (non-hydrogen) atoms. The number of hydrogen-bond donors (Lipinski definition) is 1. The summed E-state index contributed by atoms with van der Waals surface area (Å²) >= 11 is 0. The Morgan fingerprint density at radius 3 is 2.87 bits per heavy atom. The molecule has 0 aliphatic carbocycles. The van der Waals surface area contributed by atoms with Crippen LogP contribution in [0.2, 0.25) is 0 Å². The van der Waals surface area contributed by atoms with Gasteiger partial charge in [-0.1, -0.05) is 0 Å². The number of aliphatic carboxylic acids is 1. The average molecular weight is 210 g/mol. The van der Waals surface area contributed by atoms with Crippen LogP contribution in [0.4, 0.5) is 0 Å². The largest absolute Gasteiger partial charge is 0.480 e. The van der Waals surface area contributed by atoms with Crippen molar-refractivity contribution in [3.63, 3.8) is 0 Å². The van der Waals surface area contributed by atoms with Crippen LogP contribution in [0.15, 0.2) is 12.5 Å². The molecule has 82 valence electrons. The van der Waals surface area contributed by atoms with Crippen LogP contribution in [0.5, 0.6) is 0 Å². The number of carbonyl (C=O) groups is 2. The van der Waals surface area contributed by atoms with Crippen LogP contribution in [0, 0.1) is 0 Å². The molecule has 0 saturated carbocycles. The molecule has 1 aromatic rings. The zero-order valence-corrected chi connectivity index (χ0v) is 8.64. The summed E-state index contributed by atoms with van der Waals surface area (Å²) in [6.07, 6.45) is 5.23. The molecule has 1 rings (SSSR count). The zero-order valence-electron chi connectivity index (χ0n) is 8.64. The number of rotatable bonds is 6. The standard InChI is InChI=1S/C10H14N2O3/c1-8(13)3-2-4-9-5-12(7-11-9)6-10(14)15/h5,7H,2-4,6H2,1H3,(H,14,15). The van der Waals surface area contributed by atoms with Gasteiger partial charge >= 0.3 is 5.97 Å². The molecule has 0 saturated heterocycles. The Hall–Kier alpha value is -1.65. The van der Waals surface area contributed by atoms with E-state index in [2.05, 4.69) is 4.98 Å². The van der Waals surface area contributed by atoms with Gasteiger partial charge in [0, 0.05) is 12.6 Å². The Balaban J connectivity index is 2.39. The lowest BCUT2D eigenvalue weighted by atomic mass is 10.1. The molecule has 1 aromatic heterocycles. The Morgan fingerprint density at radius 2 is 2.27 bits per heavy atom. The van der Waals surface area contributed by atoms with Gasteiger partial charge in [-0.15, -0.1) is 0 Å². The Morgan fingerprint density at radius 1 is 1.53 bits per heavy atom. The van der Waals surface area contributed by atoms with E-state index in [0.717, 1.165) is 12.1 Å². The summed E-state index contributed by atoms with van der Waals surface area (Å²) < 4.78 is 1.52. The van der Waals surface area contributed by atoms with Gasteiger partial charge in [-0.25, -0.2) is 4.98 Å². The van der Waals surface area contributed by atoms with Crippen molar-refractivity contribution in [2.45, 2.75) is 32.7 Å². The third kappa shape index (κ3) is 4.39. The highest BCUT2D eigenvalue weighted by Crippen LogP contribution is 2.03. The molecule has 0 aromatic carbocycles. The van der Waals surface area contributed by atoms with Gasteiger partial charge in [0.15, 0.2) is 0 Å². The summed E-state index contributed by atoms with van der Waals surface area (Å²) in [5.74, 6) is -0.720. The molecule has 0 bridgehead atoms. The number of aromatic nitrogens is 2. The monoisotopic (exact) mass is 210 g/mol. The minimum absolute atomic E-state index is 0.0697. The molecule has 0 aliphatic heterocycles. The fraction of sp³-hybridized carbons (Fsp3) is 0.500. The first-order chi connectivity index (χ1) is 7.08. The molecule has 0 radical (unpaired) electrons. The van der Waals surface area contributed by atoms with Crippen molar-refractivity contribution in [1.29, 1.82) is 0 Å². The molecular formula is C10H14N2O3. The van der Waals surface area contributed by atoms with Gasteiger partial charge in [0.25, 0.3) is 0 Å². The lowest BCUT2D eigenvalue weighted by molar-refractivity contribution is -0.137. The van der Waals surface area contributed by atoms with Gasteiger partial charge in [0.2, 0.25) is 0 Å². The summed E-state index contributed by atoms with van der Waals surface area (Å²) in [6.45, 7) is 1.49. The molecule has 0 spiro atoms. The van der Waals surface area contributed by atoms with Gasteiger partial charge < -0.3 is 14.5 Å². The second-order valence-electron chi connectivity index (χ2n) is 3.49. The highest BCUT2D eigenvalue weighted by Gasteiger charge is 2.02. The van der Waals surface area contributed by atoms with E-state index in [-0.39, 0.29) is 12.3 Å². The van der Waals surface area contributed by atoms with Crippen LogP contribution in [0.3, 0.4) is 0 Å². The number of imidazole rings is 1. The van der Waals surface area contributed by atoms with E-state index in [0.29, 0.717) is 12.8 Å². The molecule has 5 nitrogen and oxygen atoms in total. The number of aryl methyl sites for hydroxylation is 1. The Kier molecular flexibility index (Phi) is 4.03. The summed E-state index contributed by atoms with van der Waals surface area (Å²) in [6, 6.07) is 0. The second-order valence-corrected chi connectivity index (χ2v) is 3.49. The number of carboxylic acids is 1. The zero-order chi connectivity index (χ0) is 11.3. The molecule has 1 heterocycles. The summed E-state index contributed by atoms with van der Waals surface area (Å²) in [4.78, 5) is 25.1. The SMILES string of the molecule is CC(=O)CCCc1cn(CC(=O)O)cn1. The number of Topliss-reactive ketones (excluding diaryl/α,β-unsaturated/α-hetero) is 1. The predicted octanol–water partition coefficient (Wildman–Crippen LogP) is 0.879. The molecule has 0 amide bonds. The highest BCUT2D eigenvalue weighted by molar-refractivity contribution is 5.75. The summed E-state index contributed by atoms with van der Waals surface area (Å²) in [7, 11) is 0. The molecule has 1 N–H and O–H groups in total. The first-order valence-corrected chi connectivity index (χ1v) is 4.80. The van der Waals surface area contributed by atoms with E-state index < -0.39 is 5.97 Å². The maximum Gasteiger partial charge on any atom is 0.323 e. The number of nitrogens with zero attached hydrogens (tertiary/aromatic N) is 2. The first kappa shape index (κ1) is 11.4. The van der Waals surface area contributed by atoms with E-state index in [4.69, 9.17) is 5.11 Å². The fourth-order valence-corrected chi connectivity index (χ4v) is 1.30. The maximum absolute atomic E-state index is 10.7. The van der Waals surface area contributed by atoms with Crippen molar-refractivity contribution in [3.8, 4) is 0 Å². The third-order valence-corrected chi connectivity index (χ3v) is 1.97. The molecular weight excluding hydrogens is 196 g/mol. The van der Waals surface area contributed by atoms with Crippen LogP contribution in [-0.2, 0) is 22.6 Å². The Bertz CT molecular complexity index is 357. The average Bonchev–Trinajstić information content (AvgIpc) is 2.50. The van der Waals surface area contributed by atoms with Crippen molar-refractivity contribution in [3.05, 3.63) is 18.2 Å². The maximum atomic E-state index is 10.7. The first-order valence-electron chi connectivity index (χ1n) is 4.80. The van der Waals surface area contributed by atoms with Crippen molar-refractivity contribution in [1.82, 2.24) is 9.55 Å². The van der Waals surface area contributed by atoms with Crippen molar-refractivity contribution in [2.24, 2.45) is 0 Å². The topological polar surface area (TPSA) is 72.2 Å². The van der Waals surface area contributed by atoms with Gasteiger partial charge in [-0.3, -0.25) is 4.79 Å². The second kappa shape index (κ2) is 5.29. The molecule has 0 aliphatic rings. The summed E-state index contributed by atoms with van der Waals surface area (Å²) in [5, 5.41) is 8.53. The fourth-order valence-electron chi connectivity index (χ4n) is 1.30. The van der Waals surface area contributed by atoms with Crippen molar-refractivity contribution in [2.75, 3.05) is 0 Å². The molecule has 0 unspecified atom stereocenters. The number of hydrogen-bond acceptors (Lipinski definition) is 3. The van der Waals surface area contributed by atoms with Gasteiger partial charge in [-0.05, 0) is 19.8 Å². The molecule has 0 fully saturated rings. The van der Waals surface area contributed by atoms with Crippen LogP contribution < -0.4 is 0 Å². The normalized spacial score (nSPS) is 10.2. The van der Waals surface area contributed by atoms with Gasteiger partial charge in [0.1, 0.15) is 12.3 Å². The van der Waals surface area contributed by atoms with Gasteiger partial charge in [0.05, 0.1) is 12.0 Å². The number of carbonyl (C=O) groups excluding carboxylic acids is 1. The minimum atomic E-state index is -0.886.